The Morgan fingerprint density at radius 1 is 1.39 bits per heavy atom. The third-order valence-corrected chi connectivity index (χ3v) is 4.35. The van der Waals surface area contributed by atoms with E-state index in [2.05, 4.69) is 13.5 Å². The second kappa shape index (κ2) is 9.18. The second-order valence-electron chi connectivity index (χ2n) is 6.22. The molecule has 1 saturated heterocycles. The normalized spacial score (nSPS) is 26.8. The Balaban J connectivity index is 1.80. The average Bonchev–Trinajstić information content (AvgIpc) is 2.95. The minimum absolute atomic E-state index is 0.0513. The monoisotopic (exact) mass is 320 g/mol. The van der Waals surface area contributed by atoms with E-state index in [1.54, 1.807) is 7.11 Å². The summed E-state index contributed by atoms with van der Waals surface area (Å²) in [6, 6.07) is 10.1. The fourth-order valence-corrected chi connectivity index (χ4v) is 3.07. The lowest BCUT2D eigenvalue weighted by atomic mass is 9.99. The quantitative estimate of drug-likeness (QED) is 0.711. The van der Waals surface area contributed by atoms with Crippen molar-refractivity contribution in [3.8, 4) is 0 Å². The molecule has 0 radical (unpaired) electrons. The zero-order chi connectivity index (χ0) is 16.7. The Kier molecular flexibility index (Phi) is 7.24. The topological polar surface area (TPSA) is 47.9 Å². The van der Waals surface area contributed by atoms with Crippen LogP contribution in [0.3, 0.4) is 0 Å². The molecule has 0 spiro atoms. The van der Waals surface area contributed by atoms with Gasteiger partial charge in [0.1, 0.15) is 0 Å². The first kappa shape index (κ1) is 18.1. The first-order valence-corrected chi connectivity index (χ1v) is 8.24. The van der Waals surface area contributed by atoms with E-state index in [0.717, 1.165) is 12.0 Å². The summed E-state index contributed by atoms with van der Waals surface area (Å²) in [5.41, 5.74) is 1.15. The van der Waals surface area contributed by atoms with Crippen molar-refractivity contribution in [1.29, 1.82) is 0 Å². The molecule has 1 aliphatic heterocycles. The fourth-order valence-electron chi connectivity index (χ4n) is 3.07. The predicted octanol–water partition coefficient (Wildman–Crippen LogP) is 2.95. The lowest BCUT2D eigenvalue weighted by molar-refractivity contribution is -0.0856. The molecule has 0 aliphatic carbocycles. The highest BCUT2D eigenvalue weighted by Gasteiger charge is 2.40. The molecule has 128 valence electrons. The molecule has 0 saturated carbocycles. The maximum atomic E-state index is 10.3. The Morgan fingerprint density at radius 2 is 2.13 bits per heavy atom. The number of rotatable bonds is 9. The lowest BCUT2D eigenvalue weighted by Crippen LogP contribution is -2.32. The summed E-state index contributed by atoms with van der Waals surface area (Å²) in [7, 11) is 1.67. The molecular formula is C19H28O4. The highest BCUT2D eigenvalue weighted by molar-refractivity contribution is 5.13. The van der Waals surface area contributed by atoms with Gasteiger partial charge < -0.3 is 19.3 Å². The average molecular weight is 320 g/mol. The van der Waals surface area contributed by atoms with Gasteiger partial charge in [0, 0.05) is 19.4 Å². The SMILES string of the molecule is C=CC[C@H](OC)[C@@H]1C[C@H](O)[C@H]([C@@H](C)COCc2ccccc2)O1. The van der Waals surface area contributed by atoms with Crippen LogP contribution < -0.4 is 0 Å². The molecule has 4 heteroatoms. The third-order valence-electron chi connectivity index (χ3n) is 4.35. The number of hydrogen-bond acceptors (Lipinski definition) is 4. The number of benzene rings is 1. The third kappa shape index (κ3) is 5.15. The fraction of sp³-hybridized carbons (Fsp3) is 0.579. The Labute approximate surface area is 139 Å². The van der Waals surface area contributed by atoms with Crippen molar-refractivity contribution in [3.05, 3.63) is 48.6 Å². The molecule has 1 fully saturated rings. The molecule has 0 bridgehead atoms. The number of aliphatic hydroxyl groups excluding tert-OH is 1. The molecular weight excluding hydrogens is 292 g/mol. The molecule has 1 aliphatic rings. The predicted molar refractivity (Wildman–Crippen MR) is 90.2 cm³/mol. The first-order chi connectivity index (χ1) is 11.2. The largest absolute Gasteiger partial charge is 0.390 e. The summed E-state index contributed by atoms with van der Waals surface area (Å²) < 4.78 is 17.3. The van der Waals surface area contributed by atoms with E-state index in [1.165, 1.54) is 0 Å². The van der Waals surface area contributed by atoms with E-state index in [1.807, 2.05) is 36.4 Å². The van der Waals surface area contributed by atoms with Gasteiger partial charge in [-0.2, -0.15) is 0 Å². The second-order valence-corrected chi connectivity index (χ2v) is 6.22. The van der Waals surface area contributed by atoms with Gasteiger partial charge in [0.05, 0.1) is 37.6 Å². The van der Waals surface area contributed by atoms with Crippen LogP contribution in [0.5, 0.6) is 0 Å². The minimum Gasteiger partial charge on any atom is -0.390 e. The molecule has 1 aromatic carbocycles. The lowest BCUT2D eigenvalue weighted by Gasteiger charge is -2.24. The van der Waals surface area contributed by atoms with Gasteiger partial charge in [-0.3, -0.25) is 0 Å². The Hall–Kier alpha value is -1.20. The van der Waals surface area contributed by atoms with Crippen LogP contribution in [0.15, 0.2) is 43.0 Å². The van der Waals surface area contributed by atoms with Crippen LogP contribution in [0.1, 0.15) is 25.3 Å². The summed E-state index contributed by atoms with van der Waals surface area (Å²) in [5, 5.41) is 10.3. The van der Waals surface area contributed by atoms with Gasteiger partial charge in [-0.05, 0) is 12.0 Å². The molecule has 1 heterocycles. The van der Waals surface area contributed by atoms with Crippen LogP contribution in [-0.2, 0) is 20.8 Å². The standard InChI is InChI=1S/C19H28O4/c1-4-8-17(21-3)18-11-16(20)19(23-18)14(2)12-22-13-15-9-6-5-7-10-15/h4-7,9-10,14,16-20H,1,8,11-13H2,2-3H3/t14-,16-,17-,18-,19-/m0/s1. The highest BCUT2D eigenvalue weighted by Crippen LogP contribution is 2.30. The van der Waals surface area contributed by atoms with E-state index in [4.69, 9.17) is 14.2 Å². The van der Waals surface area contributed by atoms with Gasteiger partial charge in [-0.15, -0.1) is 6.58 Å². The van der Waals surface area contributed by atoms with Crippen LogP contribution in [0.4, 0.5) is 0 Å². The number of methoxy groups -OCH3 is 1. The van der Waals surface area contributed by atoms with E-state index in [0.29, 0.717) is 19.6 Å². The van der Waals surface area contributed by atoms with Crippen molar-refractivity contribution < 1.29 is 19.3 Å². The summed E-state index contributed by atoms with van der Waals surface area (Å²) >= 11 is 0. The molecule has 1 N–H and O–H groups in total. The molecule has 1 aromatic rings. The van der Waals surface area contributed by atoms with Crippen molar-refractivity contribution in [2.45, 2.75) is 50.8 Å². The minimum atomic E-state index is -0.474. The number of hydrogen-bond donors (Lipinski definition) is 1. The molecule has 23 heavy (non-hydrogen) atoms. The van der Waals surface area contributed by atoms with Crippen molar-refractivity contribution in [1.82, 2.24) is 0 Å². The van der Waals surface area contributed by atoms with Crippen LogP contribution in [0, 0.1) is 5.92 Å². The zero-order valence-electron chi connectivity index (χ0n) is 14.1. The van der Waals surface area contributed by atoms with Gasteiger partial charge in [0.15, 0.2) is 0 Å². The number of aliphatic hydroxyl groups is 1. The van der Waals surface area contributed by atoms with E-state index < -0.39 is 6.10 Å². The van der Waals surface area contributed by atoms with Crippen LogP contribution in [-0.4, -0.2) is 43.2 Å². The van der Waals surface area contributed by atoms with Crippen molar-refractivity contribution in [2.24, 2.45) is 5.92 Å². The Bertz CT molecular complexity index is 462. The van der Waals surface area contributed by atoms with Crippen molar-refractivity contribution in [3.63, 3.8) is 0 Å². The summed E-state index contributed by atoms with van der Waals surface area (Å²) in [4.78, 5) is 0. The molecule has 0 amide bonds. The molecule has 2 rings (SSSR count). The zero-order valence-corrected chi connectivity index (χ0v) is 14.1. The Morgan fingerprint density at radius 3 is 2.78 bits per heavy atom. The van der Waals surface area contributed by atoms with Crippen molar-refractivity contribution in [2.75, 3.05) is 13.7 Å². The summed E-state index contributed by atoms with van der Waals surface area (Å²) in [6.07, 6.45) is 2.32. The molecule has 5 atom stereocenters. The van der Waals surface area contributed by atoms with Crippen molar-refractivity contribution >= 4 is 0 Å². The van der Waals surface area contributed by atoms with Crippen LogP contribution in [0.25, 0.3) is 0 Å². The smallest absolute Gasteiger partial charge is 0.0887 e. The summed E-state index contributed by atoms with van der Waals surface area (Å²) in [6.45, 7) is 6.93. The highest BCUT2D eigenvalue weighted by atomic mass is 16.6. The van der Waals surface area contributed by atoms with E-state index >= 15 is 0 Å². The maximum absolute atomic E-state index is 10.3. The first-order valence-electron chi connectivity index (χ1n) is 8.24. The van der Waals surface area contributed by atoms with Gasteiger partial charge in [-0.1, -0.05) is 43.3 Å². The van der Waals surface area contributed by atoms with Crippen LogP contribution in [0.2, 0.25) is 0 Å². The summed E-state index contributed by atoms with van der Waals surface area (Å²) in [5.74, 6) is 0.125. The maximum Gasteiger partial charge on any atom is 0.0887 e. The molecule has 0 aromatic heterocycles. The van der Waals surface area contributed by atoms with Crippen LogP contribution >= 0.6 is 0 Å². The van der Waals surface area contributed by atoms with Gasteiger partial charge in [0.2, 0.25) is 0 Å². The van der Waals surface area contributed by atoms with Gasteiger partial charge in [-0.25, -0.2) is 0 Å². The van der Waals surface area contributed by atoms with E-state index in [9.17, 15) is 5.11 Å². The van der Waals surface area contributed by atoms with E-state index in [-0.39, 0.29) is 24.2 Å². The van der Waals surface area contributed by atoms with Gasteiger partial charge >= 0.3 is 0 Å². The molecule has 0 unspecified atom stereocenters. The van der Waals surface area contributed by atoms with Gasteiger partial charge in [0.25, 0.3) is 0 Å². The molecule has 4 nitrogen and oxygen atoms in total. The number of ether oxygens (including phenoxy) is 3.